The van der Waals surface area contributed by atoms with Crippen LogP contribution < -0.4 is 0 Å². The highest BCUT2D eigenvalue weighted by molar-refractivity contribution is 14.1. The van der Waals surface area contributed by atoms with Crippen LogP contribution in [0.3, 0.4) is 0 Å². The Morgan fingerprint density at radius 1 is 0.800 bits per heavy atom. The summed E-state index contributed by atoms with van der Waals surface area (Å²) >= 11 is 0.685. The molecule has 0 amide bonds. The molecule has 0 fully saturated rings. The number of hydrogen-bond donors (Lipinski definition) is 0. The molecule has 13 heteroatoms. The van der Waals surface area contributed by atoms with Gasteiger partial charge in [-0.2, -0.15) is 43.9 Å². The van der Waals surface area contributed by atoms with Gasteiger partial charge in [0, 0.05) is 4.43 Å². The summed E-state index contributed by atoms with van der Waals surface area (Å²) in [5.74, 6) is -10.1. The second-order valence-electron chi connectivity index (χ2n) is 3.36. The highest BCUT2D eigenvalue weighted by Crippen LogP contribution is 2.49. The third-order valence-corrected chi connectivity index (χ3v) is 2.76. The van der Waals surface area contributed by atoms with Gasteiger partial charge in [-0.3, -0.25) is 4.74 Å². The fourth-order valence-corrected chi connectivity index (χ4v) is 1.92. The Hall–Kier alpha value is -0.0800. The Labute approximate surface area is 117 Å². The molecule has 0 aliphatic heterocycles. The van der Waals surface area contributed by atoms with Gasteiger partial charge in [0.15, 0.2) is 0 Å². The fourth-order valence-electron chi connectivity index (χ4n) is 0.868. The largest absolute Gasteiger partial charge is 0.445 e. The molecule has 20 heavy (non-hydrogen) atoms. The topological polar surface area (TPSA) is 9.23 Å². The van der Waals surface area contributed by atoms with E-state index in [4.69, 9.17) is 0 Å². The summed E-state index contributed by atoms with van der Waals surface area (Å²) in [6.07, 6.45) is -23.1. The van der Waals surface area contributed by atoms with Gasteiger partial charge in [0.2, 0.25) is 0 Å². The lowest BCUT2D eigenvalue weighted by Gasteiger charge is -2.33. The summed E-state index contributed by atoms with van der Waals surface area (Å²) < 4.78 is 135. The Balaban J connectivity index is 5.35. The molecule has 0 N–H and O–H groups in total. The van der Waals surface area contributed by atoms with Crippen molar-refractivity contribution in [2.75, 3.05) is 4.43 Å². The maximum atomic E-state index is 13.0. The smallest absolute Gasteiger partial charge is 0.272 e. The number of halogens is 12. The Morgan fingerprint density at radius 3 is 1.45 bits per heavy atom. The highest BCUT2D eigenvalue weighted by atomic mass is 127. The molecule has 0 aliphatic carbocycles. The molecule has 0 aromatic heterocycles. The SMILES string of the molecule is F[C@H](OC(F)(F)C(F)(F)[C@@H](CI)C(F)(F)F)C(F)(F)F. The summed E-state index contributed by atoms with van der Waals surface area (Å²) in [6, 6.07) is 0. The van der Waals surface area contributed by atoms with Crippen LogP contribution in [0.5, 0.6) is 0 Å². The first kappa shape index (κ1) is 19.9. The van der Waals surface area contributed by atoms with Crippen molar-refractivity contribution in [3.8, 4) is 0 Å². The Morgan fingerprint density at radius 2 is 1.20 bits per heavy atom. The molecular weight excluding hydrogens is 436 g/mol. The van der Waals surface area contributed by atoms with Crippen molar-refractivity contribution in [2.45, 2.75) is 30.7 Å². The molecule has 2 atom stereocenters. The van der Waals surface area contributed by atoms with Gasteiger partial charge in [-0.1, -0.05) is 22.6 Å². The molecule has 122 valence electrons. The van der Waals surface area contributed by atoms with Crippen LogP contribution in [0.15, 0.2) is 0 Å². The van der Waals surface area contributed by atoms with Crippen molar-refractivity contribution in [3.05, 3.63) is 0 Å². The van der Waals surface area contributed by atoms with Crippen molar-refractivity contribution in [2.24, 2.45) is 5.92 Å². The molecule has 0 unspecified atom stereocenters. The number of alkyl halides is 12. The number of rotatable bonds is 5. The summed E-state index contributed by atoms with van der Waals surface area (Å²) in [6.45, 7) is 0. The van der Waals surface area contributed by atoms with Crippen LogP contribution in [-0.2, 0) is 4.74 Å². The van der Waals surface area contributed by atoms with E-state index < -0.39 is 41.1 Å². The van der Waals surface area contributed by atoms with Gasteiger partial charge < -0.3 is 0 Å². The molecule has 1 nitrogen and oxygen atoms in total. The zero-order valence-electron chi connectivity index (χ0n) is 8.81. The minimum absolute atomic E-state index is 0.685. The monoisotopic (exact) mass is 440 g/mol. The van der Waals surface area contributed by atoms with Crippen LogP contribution in [0.1, 0.15) is 0 Å². The molecule has 0 saturated carbocycles. The average molecular weight is 440 g/mol. The van der Waals surface area contributed by atoms with Crippen molar-refractivity contribution in [1.29, 1.82) is 0 Å². The van der Waals surface area contributed by atoms with Crippen LogP contribution in [0.4, 0.5) is 48.3 Å². The Bertz CT molecular complexity index is 322. The zero-order chi connectivity index (χ0) is 16.6. The molecule has 0 aromatic rings. The quantitative estimate of drug-likeness (QED) is 0.342. The molecule has 0 rings (SSSR count). The van der Waals surface area contributed by atoms with Crippen LogP contribution >= 0.6 is 22.6 Å². The second-order valence-corrected chi connectivity index (χ2v) is 4.24. The predicted octanol–water partition coefficient (Wildman–Crippen LogP) is 4.70. The highest BCUT2D eigenvalue weighted by Gasteiger charge is 2.71. The average Bonchev–Trinajstić information content (AvgIpc) is 2.12. The van der Waals surface area contributed by atoms with Crippen LogP contribution in [0.25, 0.3) is 0 Å². The Kier molecular flexibility index (Phi) is 5.94. The van der Waals surface area contributed by atoms with E-state index in [0.29, 0.717) is 22.6 Å². The van der Waals surface area contributed by atoms with Crippen molar-refractivity contribution >= 4 is 22.6 Å². The lowest BCUT2D eigenvalue weighted by Crippen LogP contribution is -2.55. The minimum atomic E-state index is -6.30. The number of ether oxygens (including phenoxy) is 1. The van der Waals surface area contributed by atoms with Crippen molar-refractivity contribution in [1.82, 2.24) is 0 Å². The molecule has 0 bridgehead atoms. The van der Waals surface area contributed by atoms with Crippen molar-refractivity contribution in [3.63, 3.8) is 0 Å². The molecule has 0 radical (unpaired) electrons. The van der Waals surface area contributed by atoms with Gasteiger partial charge in [0.1, 0.15) is 5.92 Å². The predicted molar refractivity (Wildman–Crippen MR) is 50.4 cm³/mol. The summed E-state index contributed by atoms with van der Waals surface area (Å²) in [7, 11) is 0. The standard InChI is InChI=1S/C7H4F11IO/c8-3(6(14,15)16)20-7(17,18)4(9,10)2(1-19)5(11,12)13/h2-3H,1H2/t2-,3-/m1/s1. The van der Waals surface area contributed by atoms with Gasteiger partial charge in [-0.05, 0) is 0 Å². The third-order valence-electron chi connectivity index (χ3n) is 1.88. The molecular formula is C7H4F11IO. The molecule has 0 heterocycles. The first-order chi connectivity index (χ1) is 8.57. The van der Waals surface area contributed by atoms with E-state index in [-0.39, 0.29) is 0 Å². The van der Waals surface area contributed by atoms with Gasteiger partial charge in [0.25, 0.3) is 6.36 Å². The van der Waals surface area contributed by atoms with Gasteiger partial charge in [-0.15, -0.1) is 0 Å². The summed E-state index contributed by atoms with van der Waals surface area (Å²) in [4.78, 5) is 0. The maximum absolute atomic E-state index is 13.0. The third kappa shape index (κ3) is 4.46. The van der Waals surface area contributed by atoms with Crippen molar-refractivity contribution < 1.29 is 53.0 Å². The van der Waals surface area contributed by atoms with Crippen LogP contribution in [0, 0.1) is 5.92 Å². The van der Waals surface area contributed by atoms with E-state index in [9.17, 15) is 48.3 Å². The van der Waals surface area contributed by atoms with Gasteiger partial charge in [0.05, 0.1) is 0 Å². The summed E-state index contributed by atoms with van der Waals surface area (Å²) in [5, 5.41) is 0. The number of hydrogen-bond acceptors (Lipinski definition) is 1. The fraction of sp³-hybridized carbons (Fsp3) is 1.00. The molecule has 0 spiro atoms. The van der Waals surface area contributed by atoms with E-state index in [1.165, 1.54) is 0 Å². The normalized spacial score (nSPS) is 18.0. The summed E-state index contributed by atoms with van der Waals surface area (Å²) in [5.41, 5.74) is 0. The maximum Gasteiger partial charge on any atom is 0.445 e. The van der Waals surface area contributed by atoms with Gasteiger partial charge >= 0.3 is 24.4 Å². The first-order valence-electron chi connectivity index (χ1n) is 4.34. The molecule has 0 aliphatic rings. The van der Waals surface area contributed by atoms with Crippen LogP contribution in [0.2, 0.25) is 0 Å². The minimum Gasteiger partial charge on any atom is -0.272 e. The van der Waals surface area contributed by atoms with E-state index in [0.717, 1.165) is 0 Å². The lowest BCUT2D eigenvalue weighted by atomic mass is 10.0. The van der Waals surface area contributed by atoms with E-state index in [1.807, 2.05) is 0 Å². The van der Waals surface area contributed by atoms with Crippen LogP contribution in [-0.4, -0.2) is 35.2 Å². The first-order valence-corrected chi connectivity index (χ1v) is 5.86. The lowest BCUT2D eigenvalue weighted by molar-refractivity contribution is -0.430. The van der Waals surface area contributed by atoms with E-state index in [1.54, 1.807) is 0 Å². The van der Waals surface area contributed by atoms with Gasteiger partial charge in [-0.25, -0.2) is 4.39 Å². The molecule has 0 aromatic carbocycles. The van der Waals surface area contributed by atoms with E-state index >= 15 is 0 Å². The second kappa shape index (κ2) is 5.96. The zero-order valence-corrected chi connectivity index (χ0v) is 11.0. The van der Waals surface area contributed by atoms with E-state index in [2.05, 4.69) is 4.74 Å². The molecule has 0 saturated heterocycles.